The first-order valence-electron chi connectivity index (χ1n) is 9.98. The summed E-state index contributed by atoms with van der Waals surface area (Å²) in [5.41, 5.74) is 1.56. The van der Waals surface area contributed by atoms with Crippen molar-refractivity contribution in [3.05, 3.63) is 29.8 Å². The number of ether oxygens (including phenoxy) is 2. The number of aliphatic imine (C=N–C) groups is 1. The first kappa shape index (κ1) is 20.0. The predicted molar refractivity (Wildman–Crippen MR) is 109 cm³/mol. The number of nitrogens with zero attached hydrogens (tertiary/aromatic N) is 3. The Kier molecular flexibility index (Phi) is 6.60. The van der Waals surface area contributed by atoms with Crippen molar-refractivity contribution in [1.82, 2.24) is 15.1 Å². The lowest BCUT2D eigenvalue weighted by atomic mass is 9.87. The number of rotatable bonds is 6. The van der Waals surface area contributed by atoms with Gasteiger partial charge in [-0.25, -0.2) is 0 Å². The van der Waals surface area contributed by atoms with Gasteiger partial charge >= 0.3 is 0 Å². The molecule has 0 saturated carbocycles. The zero-order valence-corrected chi connectivity index (χ0v) is 17.2. The van der Waals surface area contributed by atoms with Crippen molar-refractivity contribution in [2.24, 2.45) is 10.4 Å². The third kappa shape index (κ3) is 4.74. The van der Waals surface area contributed by atoms with Gasteiger partial charge in [-0.2, -0.15) is 0 Å². The van der Waals surface area contributed by atoms with Crippen LogP contribution in [0.25, 0.3) is 0 Å². The van der Waals surface area contributed by atoms with Crippen LogP contribution in [0.4, 0.5) is 0 Å². The Morgan fingerprint density at radius 2 is 2.26 bits per heavy atom. The normalized spacial score (nSPS) is 24.0. The van der Waals surface area contributed by atoms with Crippen molar-refractivity contribution >= 4 is 5.96 Å². The molecule has 2 fully saturated rings. The second-order valence-corrected chi connectivity index (χ2v) is 7.92. The maximum Gasteiger partial charge on any atom is 0.194 e. The summed E-state index contributed by atoms with van der Waals surface area (Å²) >= 11 is 0. The second-order valence-electron chi connectivity index (χ2n) is 7.92. The van der Waals surface area contributed by atoms with Crippen LogP contribution >= 0.6 is 0 Å². The SMILES string of the molecule is CCNC(=NCC(c1cccc(OC)c1)N(C)C)N1CCC2(CCOC2)C1. The second kappa shape index (κ2) is 8.93. The summed E-state index contributed by atoms with van der Waals surface area (Å²) in [5, 5.41) is 3.49. The van der Waals surface area contributed by atoms with E-state index < -0.39 is 0 Å². The third-order valence-corrected chi connectivity index (χ3v) is 5.77. The van der Waals surface area contributed by atoms with Crippen LogP contribution in [0.2, 0.25) is 0 Å². The summed E-state index contributed by atoms with van der Waals surface area (Å²) in [6, 6.07) is 8.49. The molecule has 1 spiro atoms. The van der Waals surface area contributed by atoms with Gasteiger partial charge in [-0.15, -0.1) is 0 Å². The van der Waals surface area contributed by atoms with Gasteiger partial charge in [0.2, 0.25) is 0 Å². The average Bonchev–Trinajstić information content (AvgIpc) is 3.31. The summed E-state index contributed by atoms with van der Waals surface area (Å²) in [5.74, 6) is 1.91. The molecule has 6 heteroatoms. The van der Waals surface area contributed by atoms with Gasteiger partial charge in [0.15, 0.2) is 5.96 Å². The fourth-order valence-corrected chi connectivity index (χ4v) is 4.10. The molecule has 27 heavy (non-hydrogen) atoms. The molecule has 2 saturated heterocycles. The van der Waals surface area contributed by atoms with Gasteiger partial charge in [-0.3, -0.25) is 4.99 Å². The first-order chi connectivity index (χ1) is 13.1. The Balaban J connectivity index is 1.74. The minimum atomic E-state index is 0.208. The molecule has 6 nitrogen and oxygen atoms in total. The quantitative estimate of drug-likeness (QED) is 0.612. The molecule has 0 amide bonds. The molecule has 0 bridgehead atoms. The van der Waals surface area contributed by atoms with Crippen LogP contribution < -0.4 is 10.1 Å². The predicted octanol–water partition coefficient (Wildman–Crippen LogP) is 2.38. The van der Waals surface area contributed by atoms with E-state index in [1.54, 1.807) is 7.11 Å². The van der Waals surface area contributed by atoms with Gasteiger partial charge in [0.05, 0.1) is 26.3 Å². The number of methoxy groups -OCH3 is 1. The van der Waals surface area contributed by atoms with E-state index in [2.05, 4.69) is 48.3 Å². The lowest BCUT2D eigenvalue weighted by Gasteiger charge is -2.27. The topological polar surface area (TPSA) is 49.3 Å². The Bertz CT molecular complexity index is 641. The van der Waals surface area contributed by atoms with Crippen molar-refractivity contribution in [2.45, 2.75) is 25.8 Å². The summed E-state index contributed by atoms with van der Waals surface area (Å²) < 4.78 is 11.1. The van der Waals surface area contributed by atoms with Crippen LogP contribution in [0, 0.1) is 5.41 Å². The molecule has 0 aliphatic carbocycles. The number of hydrogen-bond acceptors (Lipinski definition) is 4. The molecule has 2 heterocycles. The highest BCUT2D eigenvalue weighted by molar-refractivity contribution is 5.80. The van der Waals surface area contributed by atoms with Gasteiger partial charge in [0.1, 0.15) is 5.75 Å². The van der Waals surface area contributed by atoms with E-state index in [0.29, 0.717) is 12.0 Å². The summed E-state index contributed by atoms with van der Waals surface area (Å²) in [6.07, 6.45) is 2.37. The molecular weight excluding hydrogens is 340 g/mol. The van der Waals surface area contributed by atoms with Crippen LogP contribution in [0.1, 0.15) is 31.4 Å². The standard InChI is InChI=1S/C21H34N4O2/c1-5-22-20(25-11-9-21(15-25)10-12-27-16-21)23-14-19(24(2)3)17-7-6-8-18(13-17)26-4/h6-8,13,19H,5,9-12,14-16H2,1-4H3,(H,22,23). The molecule has 1 aromatic rings. The van der Waals surface area contributed by atoms with E-state index in [4.69, 9.17) is 14.5 Å². The molecule has 0 aromatic heterocycles. The van der Waals surface area contributed by atoms with Gasteiger partial charge in [0, 0.05) is 31.7 Å². The van der Waals surface area contributed by atoms with Crippen molar-refractivity contribution in [3.8, 4) is 5.75 Å². The molecule has 1 aromatic carbocycles. The lowest BCUT2D eigenvalue weighted by molar-refractivity contribution is 0.156. The Morgan fingerprint density at radius 1 is 1.41 bits per heavy atom. The molecule has 2 aliphatic heterocycles. The molecule has 3 rings (SSSR count). The van der Waals surface area contributed by atoms with Crippen molar-refractivity contribution in [2.75, 3.05) is 60.6 Å². The van der Waals surface area contributed by atoms with Crippen molar-refractivity contribution in [1.29, 1.82) is 0 Å². The highest BCUT2D eigenvalue weighted by atomic mass is 16.5. The number of guanidine groups is 1. The van der Waals surface area contributed by atoms with E-state index in [1.807, 2.05) is 12.1 Å². The smallest absolute Gasteiger partial charge is 0.194 e. The molecule has 2 unspecified atom stereocenters. The highest BCUT2D eigenvalue weighted by Gasteiger charge is 2.42. The maximum absolute atomic E-state index is 5.67. The molecule has 150 valence electrons. The average molecular weight is 375 g/mol. The van der Waals surface area contributed by atoms with Gasteiger partial charge in [-0.05, 0) is 51.6 Å². The molecule has 0 radical (unpaired) electrons. The van der Waals surface area contributed by atoms with E-state index >= 15 is 0 Å². The summed E-state index contributed by atoms with van der Waals surface area (Å²) in [4.78, 5) is 9.65. The summed E-state index contributed by atoms with van der Waals surface area (Å²) in [6.45, 7) is 7.62. The molecule has 2 aliphatic rings. The minimum absolute atomic E-state index is 0.208. The lowest BCUT2D eigenvalue weighted by Crippen LogP contribution is -2.42. The van der Waals surface area contributed by atoms with E-state index in [-0.39, 0.29) is 6.04 Å². The third-order valence-electron chi connectivity index (χ3n) is 5.77. The van der Waals surface area contributed by atoms with E-state index in [1.165, 1.54) is 18.4 Å². The van der Waals surface area contributed by atoms with Crippen LogP contribution in [0.15, 0.2) is 29.3 Å². The van der Waals surface area contributed by atoms with Crippen molar-refractivity contribution < 1.29 is 9.47 Å². The molecule has 2 atom stereocenters. The largest absolute Gasteiger partial charge is 0.497 e. The van der Waals surface area contributed by atoms with Crippen LogP contribution in [0.3, 0.4) is 0 Å². The number of nitrogens with one attached hydrogen (secondary N) is 1. The molecular formula is C21H34N4O2. The zero-order valence-electron chi connectivity index (χ0n) is 17.2. The van der Waals surface area contributed by atoms with Gasteiger partial charge < -0.3 is 24.6 Å². The Hall–Kier alpha value is -1.79. The summed E-state index contributed by atoms with van der Waals surface area (Å²) in [7, 11) is 5.92. The van der Waals surface area contributed by atoms with Gasteiger partial charge in [0.25, 0.3) is 0 Å². The van der Waals surface area contributed by atoms with Gasteiger partial charge in [-0.1, -0.05) is 12.1 Å². The number of benzene rings is 1. The van der Waals surface area contributed by atoms with Crippen LogP contribution in [-0.2, 0) is 4.74 Å². The van der Waals surface area contributed by atoms with E-state index in [9.17, 15) is 0 Å². The first-order valence-corrected chi connectivity index (χ1v) is 9.98. The van der Waals surface area contributed by atoms with Crippen LogP contribution in [0.5, 0.6) is 5.75 Å². The molecule has 1 N–H and O–H groups in total. The fraction of sp³-hybridized carbons (Fsp3) is 0.667. The Morgan fingerprint density at radius 3 is 2.93 bits per heavy atom. The van der Waals surface area contributed by atoms with Crippen LogP contribution in [-0.4, -0.2) is 76.4 Å². The number of hydrogen-bond donors (Lipinski definition) is 1. The monoisotopic (exact) mass is 374 g/mol. The van der Waals surface area contributed by atoms with E-state index in [0.717, 1.165) is 44.6 Å². The fourth-order valence-electron chi connectivity index (χ4n) is 4.10. The number of likely N-dealkylation sites (tertiary alicyclic amines) is 1. The number of likely N-dealkylation sites (N-methyl/N-ethyl adjacent to an activating group) is 1. The minimum Gasteiger partial charge on any atom is -0.497 e. The Labute approximate surface area is 163 Å². The van der Waals surface area contributed by atoms with Crippen molar-refractivity contribution in [3.63, 3.8) is 0 Å². The maximum atomic E-state index is 5.67. The zero-order chi connectivity index (χ0) is 19.3. The highest BCUT2D eigenvalue weighted by Crippen LogP contribution is 2.38.